The Morgan fingerprint density at radius 1 is 1.06 bits per heavy atom. The van der Waals surface area contributed by atoms with Crippen LogP contribution in [0.4, 0.5) is 0 Å². The monoisotopic (exact) mass is 260 g/mol. The van der Waals surface area contributed by atoms with Crippen LogP contribution in [0.1, 0.15) is 50.3 Å². The first kappa shape index (κ1) is 14.6. The number of nitriles is 2. The topological polar surface area (TPSA) is 70.6 Å². The molecule has 18 heavy (non-hydrogen) atoms. The van der Waals surface area contributed by atoms with Crippen LogP contribution in [0.25, 0.3) is 0 Å². The molecule has 0 fully saturated rings. The zero-order chi connectivity index (χ0) is 13.9. The molecule has 0 aliphatic rings. The van der Waals surface area contributed by atoms with Crippen LogP contribution in [0.2, 0.25) is 0 Å². The van der Waals surface area contributed by atoms with Gasteiger partial charge in [0.2, 0.25) is 0 Å². The molecule has 0 spiro atoms. The highest BCUT2D eigenvalue weighted by Gasteiger charge is 2.21. The summed E-state index contributed by atoms with van der Waals surface area (Å²) in [6.45, 7) is 7.58. The minimum absolute atomic E-state index is 0.0343. The van der Waals surface area contributed by atoms with Crippen LogP contribution >= 0.6 is 0 Å². The van der Waals surface area contributed by atoms with E-state index in [4.69, 9.17) is 0 Å². The molecule has 1 unspecified atom stereocenters. The largest absolute Gasteiger partial charge is 0.611 e. The lowest BCUT2D eigenvalue weighted by Crippen LogP contribution is -2.15. The minimum Gasteiger partial charge on any atom is -0.611 e. The maximum Gasteiger partial charge on any atom is 0.155 e. The number of rotatable bonds is 3. The summed E-state index contributed by atoms with van der Waals surface area (Å²) in [5.74, 6) is 0.0934. The molecule has 0 radical (unpaired) electrons. The van der Waals surface area contributed by atoms with Crippen molar-refractivity contribution in [2.75, 3.05) is 0 Å². The summed E-state index contributed by atoms with van der Waals surface area (Å²) >= 11 is -1.18. The van der Waals surface area contributed by atoms with E-state index in [1.807, 2.05) is 27.7 Å². The molecule has 1 aromatic rings. The Kier molecular flexibility index (Phi) is 4.78. The third-order valence-electron chi connectivity index (χ3n) is 2.63. The first-order chi connectivity index (χ1) is 8.42. The van der Waals surface area contributed by atoms with Crippen LogP contribution in [-0.4, -0.2) is 9.80 Å². The lowest BCUT2D eigenvalue weighted by molar-refractivity contribution is 0.586. The third kappa shape index (κ3) is 2.85. The van der Waals surface area contributed by atoms with Gasteiger partial charge in [0.05, 0.1) is 23.3 Å². The van der Waals surface area contributed by atoms with E-state index in [9.17, 15) is 15.1 Å². The van der Waals surface area contributed by atoms with Crippen LogP contribution in [0.3, 0.4) is 0 Å². The molecule has 94 valence electrons. The van der Waals surface area contributed by atoms with Gasteiger partial charge in [-0.1, -0.05) is 13.8 Å². The fourth-order valence-electron chi connectivity index (χ4n) is 1.82. The highest BCUT2D eigenvalue weighted by molar-refractivity contribution is 7.92. The van der Waals surface area contributed by atoms with Crippen LogP contribution < -0.4 is 0 Å². The predicted molar refractivity (Wildman–Crippen MR) is 71.5 cm³/mol. The molecule has 0 saturated carbocycles. The van der Waals surface area contributed by atoms with E-state index in [1.54, 1.807) is 12.1 Å². The van der Waals surface area contributed by atoms with Gasteiger partial charge in [-0.3, -0.25) is 0 Å². The number of hydrogen-bond donors (Lipinski definition) is 0. The highest BCUT2D eigenvalue weighted by atomic mass is 32.2. The normalized spacial score (nSPS) is 12.3. The molecule has 0 heterocycles. The fourth-order valence-corrected chi connectivity index (χ4v) is 2.83. The Morgan fingerprint density at radius 2 is 1.50 bits per heavy atom. The Labute approximate surface area is 111 Å². The summed E-state index contributed by atoms with van der Waals surface area (Å²) < 4.78 is 12.1. The molecule has 3 nitrogen and oxygen atoms in total. The molecule has 1 aromatic carbocycles. The molecular formula is C14H16N2OS. The SMILES string of the molecule is CC(C)c1c(C#N)cc([S+]([O-])C(C)C)cc1C#N. The molecule has 0 N–H and O–H groups in total. The smallest absolute Gasteiger partial charge is 0.155 e. The predicted octanol–water partition coefficient (Wildman–Crippen LogP) is 3.07. The van der Waals surface area contributed by atoms with Gasteiger partial charge >= 0.3 is 0 Å². The van der Waals surface area contributed by atoms with Gasteiger partial charge in [0.15, 0.2) is 4.90 Å². The summed E-state index contributed by atoms with van der Waals surface area (Å²) in [4.78, 5) is 0.558. The van der Waals surface area contributed by atoms with Crippen molar-refractivity contribution in [3.05, 3.63) is 28.8 Å². The van der Waals surface area contributed by atoms with E-state index < -0.39 is 11.2 Å². The van der Waals surface area contributed by atoms with Crippen molar-refractivity contribution in [2.45, 2.75) is 43.8 Å². The van der Waals surface area contributed by atoms with E-state index in [-0.39, 0.29) is 11.2 Å². The molecule has 0 aliphatic heterocycles. The molecular weight excluding hydrogens is 244 g/mol. The summed E-state index contributed by atoms with van der Waals surface area (Å²) in [6, 6.07) is 7.49. The van der Waals surface area contributed by atoms with Crippen molar-refractivity contribution >= 4 is 11.2 Å². The van der Waals surface area contributed by atoms with Crippen LogP contribution in [0, 0.1) is 22.7 Å². The van der Waals surface area contributed by atoms with Crippen molar-refractivity contribution < 1.29 is 4.55 Å². The summed E-state index contributed by atoms with van der Waals surface area (Å²) in [5.41, 5.74) is 1.64. The average Bonchev–Trinajstić information content (AvgIpc) is 2.35. The summed E-state index contributed by atoms with van der Waals surface area (Å²) in [6.07, 6.45) is 0. The molecule has 0 amide bonds. The first-order valence-electron chi connectivity index (χ1n) is 5.81. The van der Waals surface area contributed by atoms with Gasteiger partial charge in [-0.2, -0.15) is 10.5 Å². The van der Waals surface area contributed by atoms with Crippen LogP contribution in [0.5, 0.6) is 0 Å². The molecule has 0 bridgehead atoms. The Hall–Kier alpha value is -1.49. The van der Waals surface area contributed by atoms with Crippen LogP contribution in [0.15, 0.2) is 17.0 Å². The Balaban J connectivity index is 3.47. The second-order valence-electron chi connectivity index (χ2n) is 4.66. The van der Waals surface area contributed by atoms with Gasteiger partial charge in [-0.25, -0.2) is 0 Å². The minimum atomic E-state index is -1.18. The maximum atomic E-state index is 12.1. The lowest BCUT2D eigenvalue weighted by atomic mass is 9.93. The maximum absolute atomic E-state index is 12.1. The van der Waals surface area contributed by atoms with E-state index >= 15 is 0 Å². The Bertz CT molecular complexity index is 489. The van der Waals surface area contributed by atoms with Gasteiger partial charge in [0.1, 0.15) is 5.25 Å². The highest BCUT2D eigenvalue weighted by Crippen LogP contribution is 2.28. The van der Waals surface area contributed by atoms with Crippen molar-refractivity contribution in [3.63, 3.8) is 0 Å². The van der Waals surface area contributed by atoms with E-state index in [1.165, 1.54) is 0 Å². The second kappa shape index (κ2) is 5.91. The van der Waals surface area contributed by atoms with Crippen molar-refractivity contribution in [1.82, 2.24) is 0 Å². The molecule has 4 heteroatoms. The molecule has 1 rings (SSSR count). The average molecular weight is 260 g/mol. The summed E-state index contributed by atoms with van der Waals surface area (Å²) in [5, 5.41) is 18.3. The zero-order valence-electron chi connectivity index (χ0n) is 11.0. The standard InChI is InChI=1S/C14H16N2OS/c1-9(2)14-11(7-15)5-13(6-12(14)8-16)18(17)10(3)4/h5-6,9-10H,1-4H3. The Morgan fingerprint density at radius 3 is 1.78 bits per heavy atom. The van der Waals surface area contributed by atoms with E-state index in [2.05, 4.69) is 12.1 Å². The van der Waals surface area contributed by atoms with Crippen molar-refractivity contribution in [2.24, 2.45) is 0 Å². The van der Waals surface area contributed by atoms with Gasteiger partial charge < -0.3 is 4.55 Å². The van der Waals surface area contributed by atoms with Crippen molar-refractivity contribution in [1.29, 1.82) is 10.5 Å². The third-order valence-corrected chi connectivity index (χ3v) is 4.19. The van der Waals surface area contributed by atoms with E-state index in [0.29, 0.717) is 16.0 Å². The molecule has 0 aliphatic carbocycles. The molecule has 0 aromatic heterocycles. The van der Waals surface area contributed by atoms with E-state index in [0.717, 1.165) is 5.56 Å². The zero-order valence-corrected chi connectivity index (χ0v) is 11.8. The quantitative estimate of drug-likeness (QED) is 0.784. The lowest BCUT2D eigenvalue weighted by Gasteiger charge is -2.17. The number of hydrogen-bond acceptors (Lipinski definition) is 3. The van der Waals surface area contributed by atoms with Crippen molar-refractivity contribution in [3.8, 4) is 12.1 Å². The van der Waals surface area contributed by atoms with Gasteiger partial charge in [0, 0.05) is 12.1 Å². The first-order valence-corrected chi connectivity index (χ1v) is 7.02. The number of nitrogens with zero attached hydrogens (tertiary/aromatic N) is 2. The van der Waals surface area contributed by atoms with Crippen LogP contribution in [-0.2, 0) is 11.2 Å². The molecule has 0 saturated heterocycles. The van der Waals surface area contributed by atoms with Gasteiger partial charge in [-0.15, -0.1) is 0 Å². The second-order valence-corrected chi connectivity index (χ2v) is 6.67. The van der Waals surface area contributed by atoms with Gasteiger partial charge in [0.25, 0.3) is 0 Å². The molecule has 1 atom stereocenters. The fraction of sp³-hybridized carbons (Fsp3) is 0.429. The van der Waals surface area contributed by atoms with Gasteiger partial charge in [-0.05, 0) is 36.5 Å². The number of benzene rings is 1. The summed E-state index contributed by atoms with van der Waals surface area (Å²) in [7, 11) is 0.